The van der Waals surface area contributed by atoms with Crippen LogP contribution in [0, 0.1) is 5.92 Å². The maximum absolute atomic E-state index is 5.55. The fourth-order valence-electron chi connectivity index (χ4n) is 1.30. The quantitative estimate of drug-likeness (QED) is 0.406. The second-order valence-electron chi connectivity index (χ2n) is 4.55. The van der Waals surface area contributed by atoms with E-state index in [0.717, 1.165) is 26.1 Å². The van der Waals surface area contributed by atoms with Crippen LogP contribution in [0.2, 0.25) is 0 Å². The standard InChI is InChI=1S/C13H28O2/c1-5-6-7-8-10-14-13(4)15-11-9-12(2)3/h12-13H,5-11H2,1-4H3. The van der Waals surface area contributed by atoms with Gasteiger partial charge in [0.25, 0.3) is 0 Å². The number of ether oxygens (including phenoxy) is 2. The van der Waals surface area contributed by atoms with Crippen LogP contribution in [0.25, 0.3) is 0 Å². The maximum atomic E-state index is 5.55. The first kappa shape index (κ1) is 14.9. The molecule has 92 valence electrons. The van der Waals surface area contributed by atoms with Crippen LogP contribution in [0.5, 0.6) is 0 Å². The summed E-state index contributed by atoms with van der Waals surface area (Å²) in [6, 6.07) is 0. The van der Waals surface area contributed by atoms with Gasteiger partial charge >= 0.3 is 0 Å². The molecule has 0 radical (unpaired) electrons. The first-order valence-corrected chi connectivity index (χ1v) is 6.40. The van der Waals surface area contributed by atoms with Gasteiger partial charge in [0.2, 0.25) is 0 Å². The monoisotopic (exact) mass is 216 g/mol. The van der Waals surface area contributed by atoms with Crippen molar-refractivity contribution in [2.45, 2.75) is 66.1 Å². The molecule has 0 amide bonds. The summed E-state index contributed by atoms with van der Waals surface area (Å²) in [5.74, 6) is 0.710. The molecular weight excluding hydrogens is 188 g/mol. The van der Waals surface area contributed by atoms with Crippen LogP contribution in [-0.4, -0.2) is 19.5 Å². The van der Waals surface area contributed by atoms with Gasteiger partial charge in [-0.05, 0) is 25.7 Å². The molecule has 1 unspecified atom stereocenters. The van der Waals surface area contributed by atoms with Crippen molar-refractivity contribution in [3.63, 3.8) is 0 Å². The summed E-state index contributed by atoms with van der Waals surface area (Å²) in [5.41, 5.74) is 0. The highest BCUT2D eigenvalue weighted by atomic mass is 16.7. The van der Waals surface area contributed by atoms with E-state index in [2.05, 4.69) is 20.8 Å². The van der Waals surface area contributed by atoms with E-state index >= 15 is 0 Å². The SMILES string of the molecule is CCCCCCOC(C)OCCC(C)C. The van der Waals surface area contributed by atoms with Crippen LogP contribution >= 0.6 is 0 Å². The molecular formula is C13H28O2. The van der Waals surface area contributed by atoms with Crippen molar-refractivity contribution in [3.8, 4) is 0 Å². The molecule has 0 spiro atoms. The smallest absolute Gasteiger partial charge is 0.154 e. The first-order valence-electron chi connectivity index (χ1n) is 6.40. The molecule has 2 heteroatoms. The number of hydrogen-bond acceptors (Lipinski definition) is 2. The molecule has 0 rings (SSSR count). The summed E-state index contributed by atoms with van der Waals surface area (Å²) in [6.45, 7) is 10.3. The van der Waals surface area contributed by atoms with E-state index in [-0.39, 0.29) is 6.29 Å². The molecule has 0 saturated carbocycles. The summed E-state index contributed by atoms with van der Waals surface area (Å²) >= 11 is 0. The highest BCUT2D eigenvalue weighted by Gasteiger charge is 2.02. The van der Waals surface area contributed by atoms with E-state index in [1.807, 2.05) is 6.92 Å². The van der Waals surface area contributed by atoms with Gasteiger partial charge in [-0.25, -0.2) is 0 Å². The van der Waals surface area contributed by atoms with Crippen molar-refractivity contribution in [1.29, 1.82) is 0 Å². The fourth-order valence-corrected chi connectivity index (χ4v) is 1.30. The van der Waals surface area contributed by atoms with Crippen molar-refractivity contribution in [3.05, 3.63) is 0 Å². The Morgan fingerprint density at radius 1 is 0.867 bits per heavy atom. The molecule has 0 aromatic rings. The van der Waals surface area contributed by atoms with Crippen LogP contribution in [-0.2, 0) is 9.47 Å². The molecule has 0 aliphatic heterocycles. The highest BCUT2D eigenvalue weighted by Crippen LogP contribution is 2.04. The van der Waals surface area contributed by atoms with Gasteiger partial charge in [0.15, 0.2) is 6.29 Å². The van der Waals surface area contributed by atoms with Gasteiger partial charge in [-0.15, -0.1) is 0 Å². The molecule has 0 heterocycles. The Kier molecular flexibility index (Phi) is 10.4. The van der Waals surface area contributed by atoms with E-state index in [0.29, 0.717) is 5.92 Å². The summed E-state index contributed by atoms with van der Waals surface area (Å²) < 4.78 is 11.1. The lowest BCUT2D eigenvalue weighted by Crippen LogP contribution is -2.15. The molecule has 0 aliphatic rings. The Balaban J connectivity index is 3.15. The third-order valence-corrected chi connectivity index (χ3v) is 2.40. The molecule has 0 fully saturated rings. The lowest BCUT2D eigenvalue weighted by atomic mass is 10.1. The van der Waals surface area contributed by atoms with Crippen molar-refractivity contribution < 1.29 is 9.47 Å². The van der Waals surface area contributed by atoms with Crippen LogP contribution in [0.15, 0.2) is 0 Å². The zero-order valence-electron chi connectivity index (χ0n) is 10.9. The molecule has 0 bridgehead atoms. The average molecular weight is 216 g/mol. The van der Waals surface area contributed by atoms with Crippen LogP contribution < -0.4 is 0 Å². The molecule has 2 nitrogen and oxygen atoms in total. The predicted molar refractivity (Wildman–Crippen MR) is 65.0 cm³/mol. The van der Waals surface area contributed by atoms with Gasteiger partial charge in [0.05, 0.1) is 0 Å². The largest absolute Gasteiger partial charge is 0.353 e. The van der Waals surface area contributed by atoms with E-state index < -0.39 is 0 Å². The molecule has 15 heavy (non-hydrogen) atoms. The lowest BCUT2D eigenvalue weighted by Gasteiger charge is -2.14. The Bertz CT molecular complexity index is 124. The Morgan fingerprint density at radius 2 is 1.53 bits per heavy atom. The van der Waals surface area contributed by atoms with Crippen LogP contribution in [0.3, 0.4) is 0 Å². The topological polar surface area (TPSA) is 18.5 Å². The third kappa shape index (κ3) is 11.8. The van der Waals surface area contributed by atoms with Gasteiger partial charge in [0, 0.05) is 13.2 Å². The molecule has 0 saturated heterocycles. The Hall–Kier alpha value is -0.0800. The summed E-state index contributed by atoms with van der Waals surface area (Å²) in [4.78, 5) is 0. The van der Waals surface area contributed by atoms with Crippen molar-refractivity contribution in [2.24, 2.45) is 5.92 Å². The summed E-state index contributed by atoms with van der Waals surface area (Å²) in [5, 5.41) is 0. The molecule has 0 aromatic heterocycles. The van der Waals surface area contributed by atoms with Crippen LogP contribution in [0.1, 0.15) is 59.8 Å². The predicted octanol–water partition coefficient (Wildman–Crippen LogP) is 3.99. The molecule has 0 aromatic carbocycles. The summed E-state index contributed by atoms with van der Waals surface area (Å²) in [7, 11) is 0. The molecule has 0 N–H and O–H groups in total. The second-order valence-corrected chi connectivity index (χ2v) is 4.55. The molecule has 1 atom stereocenters. The van der Waals surface area contributed by atoms with Gasteiger partial charge in [-0.3, -0.25) is 0 Å². The Labute approximate surface area is 95.3 Å². The third-order valence-electron chi connectivity index (χ3n) is 2.40. The molecule has 0 aliphatic carbocycles. The van der Waals surface area contributed by atoms with Crippen molar-refractivity contribution >= 4 is 0 Å². The number of unbranched alkanes of at least 4 members (excludes halogenated alkanes) is 3. The highest BCUT2D eigenvalue weighted by molar-refractivity contribution is 4.44. The zero-order chi connectivity index (χ0) is 11.5. The van der Waals surface area contributed by atoms with Crippen molar-refractivity contribution in [1.82, 2.24) is 0 Å². The zero-order valence-corrected chi connectivity index (χ0v) is 10.9. The van der Waals surface area contributed by atoms with E-state index in [9.17, 15) is 0 Å². The minimum atomic E-state index is -0.0367. The van der Waals surface area contributed by atoms with Gasteiger partial charge in [-0.1, -0.05) is 40.0 Å². The van der Waals surface area contributed by atoms with E-state index in [1.54, 1.807) is 0 Å². The normalized spacial score (nSPS) is 13.4. The number of hydrogen-bond donors (Lipinski definition) is 0. The Morgan fingerprint density at radius 3 is 2.13 bits per heavy atom. The number of rotatable bonds is 10. The second kappa shape index (κ2) is 10.4. The first-order chi connectivity index (χ1) is 7.16. The van der Waals surface area contributed by atoms with E-state index in [4.69, 9.17) is 9.47 Å². The lowest BCUT2D eigenvalue weighted by molar-refractivity contribution is -0.132. The van der Waals surface area contributed by atoms with Crippen molar-refractivity contribution in [2.75, 3.05) is 13.2 Å². The van der Waals surface area contributed by atoms with E-state index in [1.165, 1.54) is 19.3 Å². The fraction of sp³-hybridized carbons (Fsp3) is 1.00. The minimum absolute atomic E-state index is 0.0367. The van der Waals surface area contributed by atoms with Gasteiger partial charge in [0.1, 0.15) is 0 Å². The summed E-state index contributed by atoms with van der Waals surface area (Å²) in [6.07, 6.45) is 6.10. The van der Waals surface area contributed by atoms with Crippen LogP contribution in [0.4, 0.5) is 0 Å². The minimum Gasteiger partial charge on any atom is -0.353 e. The maximum Gasteiger partial charge on any atom is 0.154 e. The van der Waals surface area contributed by atoms with Gasteiger partial charge in [-0.2, -0.15) is 0 Å². The average Bonchev–Trinajstić information content (AvgIpc) is 2.17. The van der Waals surface area contributed by atoms with Gasteiger partial charge < -0.3 is 9.47 Å².